The van der Waals surface area contributed by atoms with E-state index < -0.39 is 0 Å². The average Bonchev–Trinajstić information content (AvgIpc) is 2.20. The van der Waals surface area contributed by atoms with Crippen molar-refractivity contribution < 1.29 is 4.39 Å². The lowest BCUT2D eigenvalue weighted by atomic mass is 9.97. The summed E-state index contributed by atoms with van der Waals surface area (Å²) in [5.74, 6) is -0.277. The highest BCUT2D eigenvalue weighted by Gasteiger charge is 2.10. The van der Waals surface area contributed by atoms with Crippen LogP contribution >= 0.6 is 0 Å². The van der Waals surface area contributed by atoms with Gasteiger partial charge in [0.25, 0.3) is 0 Å². The third-order valence-corrected chi connectivity index (χ3v) is 2.31. The molecule has 1 heteroatoms. The van der Waals surface area contributed by atoms with Crippen LogP contribution in [0.25, 0.3) is 0 Å². The Balaban J connectivity index is 3.06. The van der Waals surface area contributed by atoms with Gasteiger partial charge in [0, 0.05) is 5.92 Å². The third-order valence-electron chi connectivity index (χ3n) is 2.31. The molecule has 0 N–H and O–H groups in total. The van der Waals surface area contributed by atoms with Gasteiger partial charge < -0.3 is 0 Å². The van der Waals surface area contributed by atoms with Gasteiger partial charge in [-0.1, -0.05) is 37.6 Å². The number of halogens is 1. The second-order valence-electron chi connectivity index (χ2n) is 3.41. The molecule has 1 aromatic rings. The van der Waals surface area contributed by atoms with Gasteiger partial charge in [-0.2, -0.15) is 0 Å². The molecule has 0 aromatic heterocycles. The van der Waals surface area contributed by atoms with Crippen molar-refractivity contribution in [2.24, 2.45) is 0 Å². The van der Waals surface area contributed by atoms with E-state index in [4.69, 9.17) is 0 Å². The van der Waals surface area contributed by atoms with Crippen molar-refractivity contribution in [3.63, 3.8) is 0 Å². The van der Waals surface area contributed by atoms with E-state index in [1.807, 2.05) is 19.1 Å². The van der Waals surface area contributed by atoms with Crippen LogP contribution in [0.3, 0.4) is 0 Å². The van der Waals surface area contributed by atoms with Crippen molar-refractivity contribution in [3.8, 4) is 0 Å². The minimum Gasteiger partial charge on any atom is -0.206 e. The van der Waals surface area contributed by atoms with Crippen molar-refractivity contribution in [2.75, 3.05) is 0 Å². The normalized spacial score (nSPS) is 12.5. The Morgan fingerprint density at radius 1 is 1.50 bits per heavy atom. The van der Waals surface area contributed by atoms with E-state index in [9.17, 15) is 4.39 Å². The summed E-state index contributed by atoms with van der Waals surface area (Å²) >= 11 is 0. The molecule has 0 saturated carbocycles. The van der Waals surface area contributed by atoms with Crippen molar-refractivity contribution in [1.82, 2.24) is 0 Å². The average molecular weight is 191 g/mol. The predicted octanol–water partition coefficient (Wildman–Crippen LogP) is 3.88. The summed E-state index contributed by atoms with van der Waals surface area (Å²) in [5.41, 5.74) is 1.42. The SMILES string of the molecule is [CH2]C(C=C)c1cccc(CCC)c1F. The van der Waals surface area contributed by atoms with Crippen LogP contribution in [-0.2, 0) is 6.42 Å². The van der Waals surface area contributed by atoms with Gasteiger partial charge >= 0.3 is 0 Å². The summed E-state index contributed by atoms with van der Waals surface area (Å²) in [6.07, 6.45) is 3.40. The zero-order valence-corrected chi connectivity index (χ0v) is 8.59. The van der Waals surface area contributed by atoms with Gasteiger partial charge in [0.05, 0.1) is 0 Å². The molecule has 0 saturated heterocycles. The molecule has 1 unspecified atom stereocenters. The first-order valence-electron chi connectivity index (χ1n) is 4.93. The molecule has 0 aliphatic heterocycles. The van der Waals surface area contributed by atoms with Crippen LogP contribution in [0.1, 0.15) is 30.4 Å². The van der Waals surface area contributed by atoms with E-state index in [1.165, 1.54) is 0 Å². The van der Waals surface area contributed by atoms with Crippen molar-refractivity contribution in [1.29, 1.82) is 0 Å². The summed E-state index contributed by atoms with van der Waals surface area (Å²) in [6.45, 7) is 9.50. The van der Waals surface area contributed by atoms with E-state index >= 15 is 0 Å². The standard InChI is InChI=1S/C13H16F/c1-4-7-11-8-6-9-12(13(11)14)10(3)5-2/h5-6,8-10H,2-4,7H2,1H3. The largest absolute Gasteiger partial charge is 0.206 e. The third kappa shape index (κ3) is 2.22. The molecule has 0 bridgehead atoms. The topological polar surface area (TPSA) is 0 Å². The van der Waals surface area contributed by atoms with Crippen LogP contribution in [0.4, 0.5) is 4.39 Å². The van der Waals surface area contributed by atoms with Crippen LogP contribution in [0, 0.1) is 12.7 Å². The summed E-state index contributed by atoms with van der Waals surface area (Å²) < 4.78 is 13.8. The molecule has 0 aliphatic carbocycles. The van der Waals surface area contributed by atoms with Crippen LogP contribution in [-0.4, -0.2) is 0 Å². The fourth-order valence-corrected chi connectivity index (χ4v) is 1.48. The van der Waals surface area contributed by atoms with Crippen LogP contribution in [0.15, 0.2) is 30.9 Å². The molecule has 75 valence electrons. The molecule has 0 fully saturated rings. The Morgan fingerprint density at radius 2 is 2.21 bits per heavy atom. The van der Waals surface area contributed by atoms with E-state index in [0.717, 1.165) is 18.4 Å². The number of rotatable bonds is 4. The van der Waals surface area contributed by atoms with E-state index in [0.29, 0.717) is 5.56 Å². The molecule has 0 spiro atoms. The monoisotopic (exact) mass is 191 g/mol. The maximum Gasteiger partial charge on any atom is 0.130 e. The molecule has 0 aliphatic rings. The minimum atomic E-state index is -0.160. The molecule has 0 nitrogen and oxygen atoms in total. The van der Waals surface area contributed by atoms with Crippen molar-refractivity contribution >= 4 is 0 Å². The first-order chi connectivity index (χ1) is 6.70. The zero-order chi connectivity index (χ0) is 10.6. The van der Waals surface area contributed by atoms with Crippen molar-refractivity contribution in [3.05, 3.63) is 54.7 Å². The molecule has 1 rings (SSSR count). The molecule has 0 amide bonds. The summed E-state index contributed by atoms with van der Waals surface area (Å²) in [6, 6.07) is 5.48. The predicted molar refractivity (Wildman–Crippen MR) is 58.7 cm³/mol. The number of benzene rings is 1. The molecular formula is C13H16F. The Bertz CT molecular complexity index is 315. The smallest absolute Gasteiger partial charge is 0.130 e. The first kappa shape index (κ1) is 11.0. The van der Waals surface area contributed by atoms with Gasteiger partial charge in [-0.3, -0.25) is 0 Å². The quantitative estimate of drug-likeness (QED) is 0.633. The second-order valence-corrected chi connectivity index (χ2v) is 3.41. The lowest BCUT2D eigenvalue weighted by molar-refractivity contribution is 0.590. The highest BCUT2D eigenvalue weighted by atomic mass is 19.1. The second kappa shape index (κ2) is 4.94. The van der Waals surface area contributed by atoms with Crippen molar-refractivity contribution in [2.45, 2.75) is 25.7 Å². The summed E-state index contributed by atoms with van der Waals surface area (Å²) in [5, 5.41) is 0. The maximum absolute atomic E-state index is 13.8. The Hall–Kier alpha value is -1.11. The number of allylic oxidation sites excluding steroid dienone is 1. The van der Waals surface area contributed by atoms with Gasteiger partial charge in [0.15, 0.2) is 0 Å². The highest BCUT2D eigenvalue weighted by molar-refractivity contribution is 5.31. The summed E-state index contributed by atoms with van der Waals surface area (Å²) in [7, 11) is 0. The Morgan fingerprint density at radius 3 is 2.79 bits per heavy atom. The van der Waals surface area contributed by atoms with Crippen LogP contribution in [0.5, 0.6) is 0 Å². The molecule has 0 heterocycles. The first-order valence-corrected chi connectivity index (χ1v) is 4.93. The molecular weight excluding hydrogens is 175 g/mol. The van der Waals surface area contributed by atoms with Crippen LogP contribution in [0.2, 0.25) is 0 Å². The van der Waals surface area contributed by atoms with Gasteiger partial charge in [-0.15, -0.1) is 6.58 Å². The minimum absolute atomic E-state index is 0.116. The van der Waals surface area contributed by atoms with Gasteiger partial charge in [-0.05, 0) is 24.5 Å². The fraction of sp³-hybridized carbons (Fsp3) is 0.308. The molecule has 1 atom stereocenters. The number of hydrogen-bond acceptors (Lipinski definition) is 0. The molecule has 1 aromatic carbocycles. The molecule has 14 heavy (non-hydrogen) atoms. The summed E-state index contributed by atoms with van der Waals surface area (Å²) in [4.78, 5) is 0. The number of aryl methyl sites for hydroxylation is 1. The maximum atomic E-state index is 13.8. The van der Waals surface area contributed by atoms with Gasteiger partial charge in [0.1, 0.15) is 5.82 Å². The highest BCUT2D eigenvalue weighted by Crippen LogP contribution is 2.22. The fourth-order valence-electron chi connectivity index (χ4n) is 1.48. The van der Waals surface area contributed by atoms with E-state index in [2.05, 4.69) is 13.5 Å². The Kier molecular flexibility index (Phi) is 3.87. The Labute approximate surface area is 85.5 Å². The lowest BCUT2D eigenvalue weighted by Gasteiger charge is -2.10. The van der Waals surface area contributed by atoms with Crippen LogP contribution < -0.4 is 0 Å². The van der Waals surface area contributed by atoms with Gasteiger partial charge in [0.2, 0.25) is 0 Å². The number of hydrogen-bond donors (Lipinski definition) is 0. The van der Waals surface area contributed by atoms with E-state index in [-0.39, 0.29) is 11.7 Å². The van der Waals surface area contributed by atoms with Gasteiger partial charge in [-0.25, -0.2) is 4.39 Å². The zero-order valence-electron chi connectivity index (χ0n) is 8.59. The lowest BCUT2D eigenvalue weighted by Crippen LogP contribution is -1.99. The molecule has 1 radical (unpaired) electrons. The van der Waals surface area contributed by atoms with E-state index in [1.54, 1.807) is 12.1 Å².